The summed E-state index contributed by atoms with van der Waals surface area (Å²) in [6, 6.07) is 2.01. The maximum Gasteiger partial charge on any atom is 0.239 e. The minimum Gasteiger partial charge on any atom is -0.310 e. The van der Waals surface area contributed by atoms with E-state index in [1.165, 1.54) is 0 Å². The van der Waals surface area contributed by atoms with Crippen molar-refractivity contribution in [3.05, 3.63) is 12.3 Å². The molecule has 0 unspecified atom stereocenters. The third-order valence-electron chi connectivity index (χ3n) is 3.62. The number of carbonyl (C=O) groups excluding carboxylic acids is 2. The molecular weight excluding hydrogens is 256 g/mol. The molecule has 0 aromatic carbocycles. The van der Waals surface area contributed by atoms with E-state index in [0.717, 1.165) is 38.0 Å². The predicted molar refractivity (Wildman–Crippen MR) is 76.5 cm³/mol. The summed E-state index contributed by atoms with van der Waals surface area (Å²) in [6.07, 6.45) is 4.41. The Balaban J connectivity index is 1.84. The number of likely N-dealkylation sites (tertiary alicyclic amines) is 1. The largest absolute Gasteiger partial charge is 0.310 e. The molecule has 0 spiro atoms. The van der Waals surface area contributed by atoms with Crippen LogP contribution in [-0.2, 0) is 9.59 Å². The first-order valence-corrected chi connectivity index (χ1v) is 7.11. The molecule has 110 valence electrons. The number of carbonyl (C=O) groups is 2. The molecule has 1 N–H and O–H groups in total. The van der Waals surface area contributed by atoms with Gasteiger partial charge in [-0.25, -0.2) is 4.68 Å². The summed E-state index contributed by atoms with van der Waals surface area (Å²) in [5, 5.41) is 7.08. The van der Waals surface area contributed by atoms with Gasteiger partial charge in [0.1, 0.15) is 12.1 Å². The van der Waals surface area contributed by atoms with Crippen molar-refractivity contribution in [3.63, 3.8) is 0 Å². The standard InChI is InChI=1S/C14H22N4O2/c1-11(2)18-13(3-6-15-18)16-14(20)9-17-7-4-12(10-19)5-8-17/h3,6,10-12H,4-5,7-9H2,1-2H3,(H,16,20). The highest BCUT2D eigenvalue weighted by Crippen LogP contribution is 2.16. The molecule has 2 rings (SSSR count). The molecule has 1 aliphatic heterocycles. The van der Waals surface area contributed by atoms with Crippen molar-refractivity contribution in [2.45, 2.75) is 32.7 Å². The van der Waals surface area contributed by atoms with Gasteiger partial charge in [-0.15, -0.1) is 0 Å². The molecule has 0 bridgehead atoms. The van der Waals surface area contributed by atoms with Gasteiger partial charge in [0.15, 0.2) is 0 Å². The molecule has 20 heavy (non-hydrogen) atoms. The van der Waals surface area contributed by atoms with E-state index < -0.39 is 0 Å². The third-order valence-corrected chi connectivity index (χ3v) is 3.62. The molecule has 2 heterocycles. The van der Waals surface area contributed by atoms with E-state index in [2.05, 4.69) is 15.3 Å². The van der Waals surface area contributed by atoms with E-state index in [-0.39, 0.29) is 17.9 Å². The van der Waals surface area contributed by atoms with E-state index in [4.69, 9.17) is 0 Å². The van der Waals surface area contributed by atoms with Crippen LogP contribution in [0.2, 0.25) is 0 Å². The van der Waals surface area contributed by atoms with Crippen LogP contribution in [0.15, 0.2) is 12.3 Å². The summed E-state index contributed by atoms with van der Waals surface area (Å²) < 4.78 is 1.79. The van der Waals surface area contributed by atoms with E-state index in [1.807, 2.05) is 13.8 Å². The quantitative estimate of drug-likeness (QED) is 0.825. The zero-order valence-electron chi connectivity index (χ0n) is 12.1. The Morgan fingerprint density at radius 2 is 2.20 bits per heavy atom. The first kappa shape index (κ1) is 14.7. The summed E-state index contributed by atoms with van der Waals surface area (Å²) in [4.78, 5) is 24.8. The van der Waals surface area contributed by atoms with E-state index in [1.54, 1.807) is 16.9 Å². The highest BCUT2D eigenvalue weighted by atomic mass is 16.2. The second kappa shape index (κ2) is 6.65. The van der Waals surface area contributed by atoms with Crippen molar-refractivity contribution in [2.24, 2.45) is 5.92 Å². The zero-order valence-corrected chi connectivity index (χ0v) is 12.1. The van der Waals surface area contributed by atoms with Crippen molar-refractivity contribution in [1.29, 1.82) is 0 Å². The van der Waals surface area contributed by atoms with Gasteiger partial charge < -0.3 is 10.1 Å². The number of hydrogen-bond acceptors (Lipinski definition) is 4. The Kier molecular flexibility index (Phi) is 4.89. The van der Waals surface area contributed by atoms with Crippen LogP contribution in [0.4, 0.5) is 5.82 Å². The van der Waals surface area contributed by atoms with Crippen molar-refractivity contribution >= 4 is 18.0 Å². The van der Waals surface area contributed by atoms with Gasteiger partial charge >= 0.3 is 0 Å². The third kappa shape index (κ3) is 3.66. The zero-order chi connectivity index (χ0) is 14.5. The molecule has 1 aromatic heterocycles. The molecule has 6 heteroatoms. The summed E-state index contributed by atoms with van der Waals surface area (Å²) >= 11 is 0. The summed E-state index contributed by atoms with van der Waals surface area (Å²) in [6.45, 7) is 6.02. The lowest BCUT2D eigenvalue weighted by Gasteiger charge is -2.28. The Labute approximate surface area is 119 Å². The highest BCUT2D eigenvalue weighted by Gasteiger charge is 2.20. The normalized spacial score (nSPS) is 17.4. The van der Waals surface area contributed by atoms with Gasteiger partial charge in [0.25, 0.3) is 0 Å². The van der Waals surface area contributed by atoms with E-state index in [0.29, 0.717) is 6.54 Å². The van der Waals surface area contributed by atoms with Crippen LogP contribution in [0.1, 0.15) is 32.7 Å². The van der Waals surface area contributed by atoms with E-state index >= 15 is 0 Å². The van der Waals surface area contributed by atoms with Crippen LogP contribution in [-0.4, -0.2) is 46.5 Å². The minimum atomic E-state index is -0.0306. The number of amides is 1. The van der Waals surface area contributed by atoms with Crippen LogP contribution < -0.4 is 5.32 Å². The molecule has 1 saturated heterocycles. The number of piperidine rings is 1. The highest BCUT2D eigenvalue weighted by molar-refractivity contribution is 5.91. The van der Waals surface area contributed by atoms with Gasteiger partial charge in [0.05, 0.1) is 12.7 Å². The summed E-state index contributed by atoms with van der Waals surface area (Å²) in [5.74, 6) is 0.862. The molecule has 0 radical (unpaired) electrons. The molecule has 0 saturated carbocycles. The summed E-state index contributed by atoms with van der Waals surface area (Å²) in [5.41, 5.74) is 0. The molecule has 0 aliphatic carbocycles. The van der Waals surface area contributed by atoms with Crippen molar-refractivity contribution in [1.82, 2.24) is 14.7 Å². The molecule has 1 aliphatic rings. The number of hydrogen-bond donors (Lipinski definition) is 1. The van der Waals surface area contributed by atoms with Gasteiger partial charge in [0, 0.05) is 18.0 Å². The number of rotatable bonds is 5. The number of aldehydes is 1. The van der Waals surface area contributed by atoms with Crippen LogP contribution in [0.25, 0.3) is 0 Å². The minimum absolute atomic E-state index is 0.0306. The lowest BCUT2D eigenvalue weighted by Crippen LogP contribution is -2.39. The average Bonchev–Trinajstić information content (AvgIpc) is 2.87. The number of nitrogens with one attached hydrogen (secondary N) is 1. The Hall–Kier alpha value is -1.69. The average molecular weight is 278 g/mol. The maximum atomic E-state index is 12.0. The van der Waals surface area contributed by atoms with Crippen molar-refractivity contribution < 1.29 is 9.59 Å². The molecular formula is C14H22N4O2. The van der Waals surface area contributed by atoms with Crippen LogP contribution in [0.3, 0.4) is 0 Å². The fourth-order valence-corrected chi connectivity index (χ4v) is 2.46. The molecule has 1 amide bonds. The number of nitrogens with zero attached hydrogens (tertiary/aromatic N) is 3. The maximum absolute atomic E-state index is 12.0. The monoisotopic (exact) mass is 278 g/mol. The van der Waals surface area contributed by atoms with Crippen LogP contribution in [0, 0.1) is 5.92 Å². The second-order valence-electron chi connectivity index (χ2n) is 5.55. The first-order chi connectivity index (χ1) is 9.60. The molecule has 1 aromatic rings. The van der Waals surface area contributed by atoms with Gasteiger partial charge in [-0.2, -0.15) is 5.10 Å². The Morgan fingerprint density at radius 1 is 1.50 bits per heavy atom. The van der Waals surface area contributed by atoms with Crippen LogP contribution in [0.5, 0.6) is 0 Å². The van der Waals surface area contributed by atoms with Gasteiger partial charge in [-0.05, 0) is 39.8 Å². The van der Waals surface area contributed by atoms with Gasteiger partial charge in [-0.3, -0.25) is 9.69 Å². The van der Waals surface area contributed by atoms with Gasteiger partial charge in [-0.1, -0.05) is 0 Å². The predicted octanol–water partition coefficient (Wildman–Crippen LogP) is 1.31. The Bertz CT molecular complexity index is 461. The lowest BCUT2D eigenvalue weighted by atomic mass is 9.99. The second-order valence-corrected chi connectivity index (χ2v) is 5.55. The smallest absolute Gasteiger partial charge is 0.239 e. The fraction of sp³-hybridized carbons (Fsp3) is 0.643. The van der Waals surface area contributed by atoms with Gasteiger partial charge in [0.2, 0.25) is 5.91 Å². The number of anilines is 1. The molecule has 6 nitrogen and oxygen atoms in total. The SMILES string of the molecule is CC(C)n1nccc1NC(=O)CN1CCC(C=O)CC1. The van der Waals surface area contributed by atoms with Crippen molar-refractivity contribution in [2.75, 3.05) is 25.0 Å². The fourth-order valence-electron chi connectivity index (χ4n) is 2.46. The molecule has 0 atom stereocenters. The Morgan fingerprint density at radius 3 is 2.80 bits per heavy atom. The topological polar surface area (TPSA) is 67.2 Å². The van der Waals surface area contributed by atoms with E-state index in [9.17, 15) is 9.59 Å². The number of aromatic nitrogens is 2. The first-order valence-electron chi connectivity index (χ1n) is 7.11. The summed E-state index contributed by atoms with van der Waals surface area (Å²) in [7, 11) is 0. The van der Waals surface area contributed by atoms with Crippen molar-refractivity contribution in [3.8, 4) is 0 Å². The van der Waals surface area contributed by atoms with Crippen LogP contribution >= 0.6 is 0 Å². The molecule has 1 fully saturated rings. The lowest BCUT2D eigenvalue weighted by molar-refractivity contribution is -0.117.